The Hall–Kier alpha value is 0.520. The summed E-state index contributed by atoms with van der Waals surface area (Å²) in [5.41, 5.74) is 0. The molecule has 4 N–H and O–H groups in total. The van der Waals surface area contributed by atoms with Crippen LogP contribution in [0.4, 0.5) is 0 Å². The highest BCUT2D eigenvalue weighted by molar-refractivity contribution is 6.68. The van der Waals surface area contributed by atoms with Crippen molar-refractivity contribution in [3.63, 3.8) is 0 Å². The quantitative estimate of drug-likeness (QED) is 0.304. The molecule has 2 rings (SSSR count). The van der Waals surface area contributed by atoms with Gasteiger partial charge in [0.2, 0.25) is 20.4 Å². The van der Waals surface area contributed by atoms with Gasteiger partial charge in [-0.05, 0) is 0 Å². The first kappa shape index (κ1) is 26.6. The third-order valence-corrected chi connectivity index (χ3v) is 5.35. The van der Waals surface area contributed by atoms with Gasteiger partial charge in [0, 0.05) is 52.4 Å². The van der Waals surface area contributed by atoms with E-state index in [1.165, 1.54) is 0 Å². The Morgan fingerprint density at radius 1 is 0.679 bits per heavy atom. The van der Waals surface area contributed by atoms with Crippen molar-refractivity contribution in [3.05, 3.63) is 0 Å². The van der Waals surface area contributed by atoms with E-state index in [-0.39, 0.29) is 0 Å². The van der Waals surface area contributed by atoms with Crippen LogP contribution in [0.5, 0.6) is 0 Å². The van der Waals surface area contributed by atoms with Gasteiger partial charge in [0.25, 0.3) is 0 Å². The Labute approximate surface area is 194 Å². The molecule has 0 saturated carbocycles. The van der Waals surface area contributed by atoms with Gasteiger partial charge < -0.3 is 21.3 Å². The molecule has 2 amide bonds. The molecule has 0 spiro atoms. The van der Waals surface area contributed by atoms with Crippen LogP contribution in [-0.2, 0) is 9.59 Å². The molecule has 2 saturated heterocycles. The van der Waals surface area contributed by atoms with E-state index in [4.69, 9.17) is 69.6 Å². The topological polar surface area (TPSA) is 88.7 Å². The molecule has 14 heteroatoms. The van der Waals surface area contributed by atoms with E-state index in [1.54, 1.807) is 9.80 Å². The first-order chi connectivity index (χ1) is 13.1. The second-order valence-corrected chi connectivity index (χ2v) is 10.8. The summed E-state index contributed by atoms with van der Waals surface area (Å²) in [4.78, 5) is 24.9. The number of amides is 2. The zero-order valence-electron chi connectivity index (χ0n) is 14.9. The summed E-state index contributed by atoms with van der Waals surface area (Å²) in [6.07, 6.45) is -0.613. The zero-order chi connectivity index (χ0) is 21.2. The van der Waals surface area contributed by atoms with Crippen LogP contribution in [0.3, 0.4) is 0 Å². The summed E-state index contributed by atoms with van der Waals surface area (Å²) in [5, 5.41) is 11.4. The monoisotopic (exact) mass is 518 g/mol. The summed E-state index contributed by atoms with van der Waals surface area (Å²) in [7, 11) is 0. The smallest absolute Gasteiger partial charge is 0.223 e. The van der Waals surface area contributed by atoms with Crippen molar-refractivity contribution in [2.24, 2.45) is 0 Å². The Morgan fingerprint density at radius 2 is 0.964 bits per heavy atom. The van der Waals surface area contributed by atoms with Crippen LogP contribution in [-0.4, -0.2) is 94.9 Å². The number of carbonyl (C=O) groups excluding carboxylic acids is 2. The van der Waals surface area contributed by atoms with Gasteiger partial charge in [0.1, 0.15) is 12.3 Å². The van der Waals surface area contributed by atoms with Crippen LogP contribution < -0.4 is 21.3 Å². The minimum absolute atomic E-state index is 0.442. The summed E-state index contributed by atoms with van der Waals surface area (Å²) in [5.74, 6) is 0. The molecular formula is C14H24Cl6N6O2. The SMILES string of the molecule is C1CNCCN1.O=CNC(N1CCN(C(NC=O)C(Cl)(Cl)Cl)CC1)C(Cl)(Cl)Cl. The maximum absolute atomic E-state index is 10.7. The number of nitrogens with zero attached hydrogens (tertiary/aromatic N) is 2. The number of alkyl halides is 6. The van der Waals surface area contributed by atoms with Crippen LogP contribution >= 0.6 is 69.6 Å². The minimum atomic E-state index is -1.68. The molecule has 0 radical (unpaired) electrons. The predicted molar refractivity (Wildman–Crippen MR) is 115 cm³/mol. The number of halogens is 6. The molecule has 2 unspecified atom stereocenters. The van der Waals surface area contributed by atoms with E-state index in [0.717, 1.165) is 26.2 Å². The number of carbonyl (C=O) groups is 2. The van der Waals surface area contributed by atoms with Gasteiger partial charge in [0.15, 0.2) is 0 Å². The van der Waals surface area contributed by atoms with Crippen LogP contribution in [0.2, 0.25) is 0 Å². The molecule has 2 aliphatic heterocycles. The molecule has 2 fully saturated rings. The fourth-order valence-electron chi connectivity index (χ4n) is 2.80. The summed E-state index contributed by atoms with van der Waals surface area (Å²) < 4.78 is -3.36. The average molecular weight is 521 g/mol. The van der Waals surface area contributed by atoms with Crippen LogP contribution in [0, 0.1) is 0 Å². The third kappa shape index (κ3) is 9.55. The molecule has 8 nitrogen and oxygen atoms in total. The van der Waals surface area contributed by atoms with Gasteiger partial charge in [-0.25, -0.2) is 0 Å². The van der Waals surface area contributed by atoms with Crippen molar-refractivity contribution in [2.75, 3.05) is 52.4 Å². The number of nitrogens with one attached hydrogen (secondary N) is 4. The summed E-state index contributed by atoms with van der Waals surface area (Å²) >= 11 is 35.2. The second kappa shape index (κ2) is 13.0. The maximum Gasteiger partial charge on any atom is 0.223 e. The van der Waals surface area contributed by atoms with E-state index in [9.17, 15) is 9.59 Å². The fraction of sp³-hybridized carbons (Fsp3) is 0.857. The lowest BCUT2D eigenvalue weighted by Gasteiger charge is -2.44. The molecule has 0 aromatic rings. The molecule has 2 atom stereocenters. The highest BCUT2D eigenvalue weighted by Gasteiger charge is 2.42. The Kier molecular flexibility index (Phi) is 12.4. The molecule has 2 heterocycles. The Bertz CT molecular complexity index is 419. The Morgan fingerprint density at radius 3 is 1.14 bits per heavy atom. The number of hydrogen-bond acceptors (Lipinski definition) is 6. The van der Waals surface area contributed by atoms with Gasteiger partial charge in [-0.1, -0.05) is 69.6 Å². The first-order valence-corrected chi connectivity index (χ1v) is 10.8. The van der Waals surface area contributed by atoms with Crippen molar-refractivity contribution in [1.82, 2.24) is 31.1 Å². The lowest BCUT2D eigenvalue weighted by atomic mass is 10.2. The summed E-state index contributed by atoms with van der Waals surface area (Å²) in [6, 6.07) is 0. The van der Waals surface area contributed by atoms with E-state index >= 15 is 0 Å². The molecule has 2 aliphatic rings. The molecule has 0 bridgehead atoms. The van der Waals surface area contributed by atoms with Gasteiger partial charge in [0.05, 0.1) is 0 Å². The van der Waals surface area contributed by atoms with E-state index in [2.05, 4.69) is 21.3 Å². The van der Waals surface area contributed by atoms with Gasteiger partial charge in [-0.2, -0.15) is 0 Å². The van der Waals surface area contributed by atoms with Gasteiger partial charge in [-0.3, -0.25) is 19.4 Å². The predicted octanol–water partition coefficient (Wildman–Crippen LogP) is 0.668. The van der Waals surface area contributed by atoms with Crippen LogP contribution in [0.25, 0.3) is 0 Å². The summed E-state index contributed by atoms with van der Waals surface area (Å²) in [6.45, 7) is 6.32. The Balaban J connectivity index is 0.000000552. The molecule has 0 aliphatic carbocycles. The molecule has 0 aromatic carbocycles. The lowest BCUT2D eigenvalue weighted by molar-refractivity contribution is -0.113. The van der Waals surface area contributed by atoms with Crippen molar-refractivity contribution >= 4 is 82.4 Å². The molecule has 0 aromatic heterocycles. The molecular weight excluding hydrogens is 497 g/mol. The van der Waals surface area contributed by atoms with E-state index < -0.39 is 19.9 Å². The minimum Gasteiger partial charge on any atom is -0.339 e. The number of hydrogen-bond donors (Lipinski definition) is 4. The number of piperazine rings is 2. The zero-order valence-corrected chi connectivity index (χ0v) is 19.5. The number of rotatable bonds is 6. The van der Waals surface area contributed by atoms with Crippen LogP contribution in [0.1, 0.15) is 0 Å². The van der Waals surface area contributed by atoms with Gasteiger partial charge >= 0.3 is 0 Å². The second-order valence-electron chi connectivity index (χ2n) is 6.03. The maximum atomic E-state index is 10.7. The van der Waals surface area contributed by atoms with Crippen molar-refractivity contribution in [1.29, 1.82) is 0 Å². The first-order valence-electron chi connectivity index (χ1n) is 8.53. The molecule has 28 heavy (non-hydrogen) atoms. The van der Waals surface area contributed by atoms with E-state index in [1.807, 2.05) is 0 Å². The van der Waals surface area contributed by atoms with Crippen LogP contribution in [0.15, 0.2) is 0 Å². The van der Waals surface area contributed by atoms with E-state index in [0.29, 0.717) is 39.0 Å². The van der Waals surface area contributed by atoms with Crippen molar-refractivity contribution in [3.8, 4) is 0 Å². The highest BCUT2D eigenvalue weighted by Crippen LogP contribution is 2.34. The average Bonchev–Trinajstić information content (AvgIpc) is 2.64. The standard InChI is InChI=1S/C10H14Cl6N4O2.C4H10N2/c11-9(12,13)7(17-5-21)19-1-2-20(4-3-19)8(18-6-22)10(14,15)16;1-2-6-4-3-5-1/h5-8H,1-4H2,(H,17,21)(H,18,22);5-6H,1-4H2. The normalized spacial score (nSPS) is 21.6. The van der Waals surface area contributed by atoms with Gasteiger partial charge in [-0.15, -0.1) is 0 Å². The fourth-order valence-corrected chi connectivity index (χ4v) is 4.01. The van der Waals surface area contributed by atoms with Crippen molar-refractivity contribution in [2.45, 2.75) is 19.9 Å². The largest absolute Gasteiger partial charge is 0.339 e. The lowest BCUT2D eigenvalue weighted by Crippen LogP contribution is -2.63. The van der Waals surface area contributed by atoms with Crippen molar-refractivity contribution < 1.29 is 9.59 Å². The molecule has 164 valence electrons. The third-order valence-electron chi connectivity index (χ3n) is 4.11. The highest BCUT2D eigenvalue weighted by atomic mass is 35.6.